The smallest absolute Gasteiger partial charge is 0.148 e. The Balaban J connectivity index is 1.39. The summed E-state index contributed by atoms with van der Waals surface area (Å²) in [5.74, 6) is 0. The number of aromatic nitrogens is 1. The van der Waals surface area contributed by atoms with Crippen LogP contribution < -0.4 is 41.5 Å². The standard InChI is InChI=1S/C60H47NSi3/c1-8-26-49(27-9-1)62(50-28-10-2-11-29-50,51-30-12-3-13-31-51)64(55-36-18-6-19-37-55,56-38-20-7-21-39-56)63(52-32-14-4-15-33-52,53-34-16-5-17-35-53)54-46-44-48(45-47-54)61-59-42-24-22-40-57(59)58-41-23-25-43-60(58)61/h1-47H. The summed E-state index contributed by atoms with van der Waals surface area (Å²) in [4.78, 5) is 0. The molecule has 0 unspecified atom stereocenters. The second-order valence-corrected chi connectivity index (χ2v) is 36.3. The molecule has 1 nitrogen and oxygen atoms in total. The van der Waals surface area contributed by atoms with Gasteiger partial charge in [-0.2, -0.15) is 0 Å². The quantitative estimate of drug-likeness (QED) is 0.0906. The van der Waals surface area contributed by atoms with Gasteiger partial charge in [0.25, 0.3) is 0 Å². The summed E-state index contributed by atoms with van der Waals surface area (Å²) in [7, 11) is -10.2. The number of benzene rings is 10. The van der Waals surface area contributed by atoms with E-state index in [1.807, 2.05) is 0 Å². The van der Waals surface area contributed by atoms with Crippen LogP contribution in [0.4, 0.5) is 0 Å². The van der Waals surface area contributed by atoms with Crippen molar-refractivity contribution >= 4 is 85.6 Å². The fourth-order valence-corrected chi connectivity index (χ4v) is 56.8. The van der Waals surface area contributed by atoms with Crippen LogP contribution in [0.2, 0.25) is 0 Å². The van der Waals surface area contributed by atoms with Crippen molar-refractivity contribution in [3.05, 3.63) is 285 Å². The van der Waals surface area contributed by atoms with E-state index in [1.54, 1.807) is 0 Å². The maximum Gasteiger partial charge on any atom is 0.148 e. The summed E-state index contributed by atoms with van der Waals surface area (Å²) in [5.41, 5.74) is 3.59. The second-order valence-electron chi connectivity index (χ2n) is 16.7. The van der Waals surface area contributed by atoms with E-state index in [0.717, 1.165) is 5.69 Å². The number of hydrogen-bond acceptors (Lipinski definition) is 0. The number of hydrogen-bond donors (Lipinski definition) is 0. The largest absolute Gasteiger partial charge is 0.309 e. The van der Waals surface area contributed by atoms with E-state index < -0.39 is 22.3 Å². The van der Waals surface area contributed by atoms with Gasteiger partial charge in [-0.05, 0) is 24.3 Å². The zero-order valence-corrected chi connectivity index (χ0v) is 38.6. The topological polar surface area (TPSA) is 4.93 Å². The molecule has 4 heteroatoms. The molecule has 0 aliphatic heterocycles. The maximum absolute atomic E-state index is 3.45. The molecular formula is C60H47NSi3. The maximum atomic E-state index is 2.54. The van der Waals surface area contributed by atoms with Gasteiger partial charge in [-0.1, -0.05) is 302 Å². The number of fused-ring (bicyclic) bond motifs is 3. The van der Waals surface area contributed by atoms with Crippen LogP contribution in [0.1, 0.15) is 0 Å². The number of nitrogens with zero attached hydrogens (tertiary/aromatic N) is 1. The first-order valence-electron chi connectivity index (χ1n) is 22.3. The van der Waals surface area contributed by atoms with Gasteiger partial charge >= 0.3 is 0 Å². The molecule has 0 bridgehead atoms. The van der Waals surface area contributed by atoms with Crippen molar-refractivity contribution in [2.45, 2.75) is 0 Å². The molecule has 0 spiro atoms. The molecule has 0 N–H and O–H groups in total. The highest BCUT2D eigenvalue weighted by molar-refractivity contribution is 7.89. The molecule has 0 aliphatic carbocycles. The van der Waals surface area contributed by atoms with Crippen LogP contribution >= 0.6 is 0 Å². The van der Waals surface area contributed by atoms with Crippen LogP contribution in [0.15, 0.2) is 285 Å². The van der Waals surface area contributed by atoms with E-state index in [0.29, 0.717) is 0 Å². The number of para-hydroxylation sites is 2. The molecule has 0 radical (unpaired) electrons. The number of rotatable bonds is 11. The molecule has 11 rings (SSSR count). The molecule has 0 fully saturated rings. The molecule has 10 aromatic carbocycles. The molecule has 0 atom stereocenters. The highest BCUT2D eigenvalue weighted by Gasteiger charge is 2.72. The first kappa shape index (κ1) is 39.5. The van der Waals surface area contributed by atoms with E-state index in [9.17, 15) is 0 Å². The lowest BCUT2D eigenvalue weighted by Gasteiger charge is -2.59. The van der Waals surface area contributed by atoms with Gasteiger partial charge in [0.2, 0.25) is 0 Å². The van der Waals surface area contributed by atoms with Gasteiger partial charge in [0.05, 0.1) is 11.0 Å². The molecule has 64 heavy (non-hydrogen) atoms. The Hall–Kier alpha value is -7.35. The summed E-state index contributed by atoms with van der Waals surface area (Å²) in [6.45, 7) is 0. The van der Waals surface area contributed by atoms with Crippen LogP contribution in [0, 0.1) is 0 Å². The first-order chi connectivity index (χ1) is 31.8. The minimum atomic E-state index is -3.45. The van der Waals surface area contributed by atoms with Gasteiger partial charge in [-0.15, -0.1) is 0 Å². The summed E-state index contributed by atoms with van der Waals surface area (Å²) < 4.78 is 2.46. The van der Waals surface area contributed by atoms with E-state index in [4.69, 9.17) is 0 Å². The van der Waals surface area contributed by atoms with Crippen LogP contribution in [0.25, 0.3) is 27.5 Å². The van der Waals surface area contributed by atoms with Gasteiger partial charge in [0.1, 0.15) is 22.3 Å². The molecule has 0 aliphatic rings. The Morgan fingerprint density at radius 3 is 0.734 bits per heavy atom. The highest BCUT2D eigenvalue weighted by atomic mass is 29.6. The third-order valence-electron chi connectivity index (χ3n) is 13.7. The van der Waals surface area contributed by atoms with Crippen molar-refractivity contribution in [3.63, 3.8) is 0 Å². The lowest BCUT2D eigenvalue weighted by atomic mass is 10.2. The average Bonchev–Trinajstić information content (AvgIpc) is 3.73. The molecule has 0 amide bonds. The summed E-state index contributed by atoms with van der Waals surface area (Å²) in [6.07, 6.45) is 0. The first-order valence-corrected chi connectivity index (χ1v) is 30.3. The third-order valence-corrected chi connectivity index (χ3v) is 47.7. The van der Waals surface area contributed by atoms with E-state index >= 15 is 0 Å². The van der Waals surface area contributed by atoms with Crippen molar-refractivity contribution < 1.29 is 0 Å². The zero-order chi connectivity index (χ0) is 42.8. The van der Waals surface area contributed by atoms with Crippen molar-refractivity contribution in [2.75, 3.05) is 0 Å². The molecular weight excluding hydrogens is 819 g/mol. The minimum absolute atomic E-state index is 1.16. The third kappa shape index (κ3) is 5.95. The molecule has 0 saturated heterocycles. The van der Waals surface area contributed by atoms with Gasteiger partial charge in [0, 0.05) is 16.5 Å². The average molecular weight is 866 g/mol. The van der Waals surface area contributed by atoms with Crippen LogP contribution in [-0.4, -0.2) is 26.9 Å². The predicted molar refractivity (Wildman–Crippen MR) is 280 cm³/mol. The molecule has 0 saturated carbocycles. The Morgan fingerprint density at radius 2 is 0.438 bits per heavy atom. The highest BCUT2D eigenvalue weighted by Crippen LogP contribution is 2.34. The molecule has 304 valence electrons. The van der Waals surface area contributed by atoms with E-state index in [1.165, 1.54) is 63.3 Å². The van der Waals surface area contributed by atoms with Gasteiger partial charge in [0.15, 0.2) is 0 Å². The van der Waals surface area contributed by atoms with Crippen molar-refractivity contribution in [1.82, 2.24) is 4.57 Å². The van der Waals surface area contributed by atoms with Crippen LogP contribution in [0.5, 0.6) is 0 Å². The Kier molecular flexibility index (Phi) is 10.3. The predicted octanol–water partition coefficient (Wildman–Crippen LogP) is 8.84. The monoisotopic (exact) mass is 865 g/mol. The van der Waals surface area contributed by atoms with Gasteiger partial charge in [-0.25, -0.2) is 0 Å². The minimum Gasteiger partial charge on any atom is -0.309 e. The normalized spacial score (nSPS) is 12.1. The van der Waals surface area contributed by atoms with Crippen molar-refractivity contribution in [2.24, 2.45) is 0 Å². The summed E-state index contributed by atoms with van der Waals surface area (Å²) in [5, 5.41) is 14.0. The SMILES string of the molecule is c1ccc([Si](c2ccccc2)(c2ccccc2)[Si](c2ccccc2)(c2ccccc2)[Si](c2ccccc2)(c2ccccc2)c2ccc(-n3c4ccccc4c4ccccc43)cc2)cc1. The second kappa shape index (κ2) is 16.7. The lowest BCUT2D eigenvalue weighted by Crippen LogP contribution is -3.04. The Morgan fingerprint density at radius 1 is 0.203 bits per heavy atom. The van der Waals surface area contributed by atoms with E-state index in [2.05, 4.69) is 290 Å². The van der Waals surface area contributed by atoms with Crippen LogP contribution in [-0.2, 0) is 0 Å². The van der Waals surface area contributed by atoms with Gasteiger partial charge in [-0.3, -0.25) is 0 Å². The Bertz CT molecular complexity index is 3060. The summed E-state index contributed by atoms with van der Waals surface area (Å²) in [6, 6.07) is 110. The van der Waals surface area contributed by atoms with Crippen molar-refractivity contribution in [3.8, 4) is 5.69 Å². The van der Waals surface area contributed by atoms with E-state index in [-0.39, 0.29) is 0 Å². The zero-order valence-electron chi connectivity index (χ0n) is 35.6. The molecule has 1 aromatic heterocycles. The molecule has 11 aromatic rings. The van der Waals surface area contributed by atoms with Gasteiger partial charge < -0.3 is 4.57 Å². The lowest BCUT2D eigenvalue weighted by molar-refractivity contribution is 1.18. The summed E-state index contributed by atoms with van der Waals surface area (Å²) >= 11 is 0. The van der Waals surface area contributed by atoms with Crippen molar-refractivity contribution in [1.29, 1.82) is 0 Å². The molecule has 1 heterocycles. The van der Waals surface area contributed by atoms with Crippen LogP contribution in [0.3, 0.4) is 0 Å². The fourth-order valence-electron chi connectivity index (χ4n) is 11.5. The Labute approximate surface area is 378 Å². The fraction of sp³-hybridized carbons (Fsp3) is 0.